The van der Waals surface area contributed by atoms with Crippen molar-refractivity contribution in [1.29, 1.82) is 0 Å². The van der Waals surface area contributed by atoms with Crippen LogP contribution in [0.15, 0.2) is 24.3 Å². The molecule has 0 fully saturated rings. The fourth-order valence-corrected chi connectivity index (χ4v) is 1.80. The number of hydrazine groups is 1. The first-order valence-corrected chi connectivity index (χ1v) is 6.47. The lowest BCUT2D eigenvalue weighted by Crippen LogP contribution is -2.14. The number of primary amides is 1. The van der Waals surface area contributed by atoms with E-state index in [0.717, 1.165) is 0 Å². The number of nitrogens with zero attached hydrogens (tertiary/aromatic N) is 2. The number of ether oxygens (including phenoxy) is 1. The van der Waals surface area contributed by atoms with Crippen LogP contribution in [0.4, 0.5) is 5.82 Å². The van der Waals surface area contributed by atoms with Crippen molar-refractivity contribution in [2.75, 3.05) is 5.43 Å². The van der Waals surface area contributed by atoms with E-state index in [-0.39, 0.29) is 5.56 Å². The molecular formula is C14H17N5O2. The summed E-state index contributed by atoms with van der Waals surface area (Å²) in [5, 5.41) is 0. The van der Waals surface area contributed by atoms with Crippen molar-refractivity contribution in [3.05, 3.63) is 41.2 Å². The molecule has 1 heterocycles. The lowest BCUT2D eigenvalue weighted by molar-refractivity contribution is 0.0998. The largest absolute Gasteiger partial charge is 0.438 e. The predicted molar refractivity (Wildman–Crippen MR) is 79.0 cm³/mol. The van der Waals surface area contributed by atoms with Gasteiger partial charge in [-0.2, -0.15) is 4.98 Å². The standard InChI is InChI=1S/C14H17N5O2/c1-3-11-17-13(19-16)8(2)14(18-11)21-10-7-5-4-6-9(10)12(15)20/h4-7H,3,16H2,1-2H3,(H2,15,20)(H,17,18,19). The topological polar surface area (TPSA) is 116 Å². The third kappa shape index (κ3) is 3.09. The van der Waals surface area contributed by atoms with E-state index in [4.69, 9.17) is 16.3 Å². The first-order chi connectivity index (χ1) is 10.1. The molecule has 110 valence electrons. The second kappa shape index (κ2) is 6.19. The average molecular weight is 287 g/mol. The molecule has 0 saturated heterocycles. The van der Waals surface area contributed by atoms with Crippen LogP contribution >= 0.6 is 0 Å². The van der Waals surface area contributed by atoms with Gasteiger partial charge in [0, 0.05) is 6.42 Å². The first kappa shape index (κ1) is 14.7. The number of anilines is 1. The van der Waals surface area contributed by atoms with Crippen molar-refractivity contribution in [2.24, 2.45) is 11.6 Å². The molecule has 5 N–H and O–H groups in total. The molecule has 0 bridgehead atoms. The van der Waals surface area contributed by atoms with Crippen LogP contribution in [0.5, 0.6) is 11.6 Å². The van der Waals surface area contributed by atoms with Crippen LogP contribution in [0.3, 0.4) is 0 Å². The SMILES string of the molecule is CCc1nc(NN)c(C)c(Oc2ccccc2C(N)=O)n1. The lowest BCUT2D eigenvalue weighted by Gasteiger charge is -2.13. The Morgan fingerprint density at radius 2 is 2.05 bits per heavy atom. The Kier molecular flexibility index (Phi) is 4.34. The zero-order valence-corrected chi connectivity index (χ0v) is 11.9. The number of benzene rings is 1. The van der Waals surface area contributed by atoms with Gasteiger partial charge >= 0.3 is 0 Å². The zero-order valence-electron chi connectivity index (χ0n) is 11.9. The lowest BCUT2D eigenvalue weighted by atomic mass is 10.2. The number of aryl methyl sites for hydroxylation is 1. The normalized spacial score (nSPS) is 10.2. The molecule has 21 heavy (non-hydrogen) atoms. The van der Waals surface area contributed by atoms with Gasteiger partial charge in [0.25, 0.3) is 5.91 Å². The molecule has 0 spiro atoms. The van der Waals surface area contributed by atoms with Crippen molar-refractivity contribution in [2.45, 2.75) is 20.3 Å². The molecule has 0 saturated carbocycles. The van der Waals surface area contributed by atoms with Gasteiger partial charge in [0.1, 0.15) is 17.4 Å². The Hall–Kier alpha value is -2.67. The molecular weight excluding hydrogens is 270 g/mol. The van der Waals surface area contributed by atoms with Crippen molar-refractivity contribution < 1.29 is 9.53 Å². The summed E-state index contributed by atoms with van der Waals surface area (Å²) in [4.78, 5) is 20.0. The number of aromatic nitrogens is 2. The minimum absolute atomic E-state index is 0.288. The van der Waals surface area contributed by atoms with Crippen molar-refractivity contribution in [3.8, 4) is 11.6 Å². The quantitative estimate of drug-likeness (QED) is 0.567. The Morgan fingerprint density at radius 1 is 1.33 bits per heavy atom. The fraction of sp³-hybridized carbons (Fsp3) is 0.214. The molecule has 0 unspecified atom stereocenters. The van der Waals surface area contributed by atoms with Gasteiger partial charge in [0.05, 0.1) is 11.1 Å². The van der Waals surface area contributed by atoms with Crippen LogP contribution in [0.2, 0.25) is 0 Å². The number of nitrogens with one attached hydrogen (secondary N) is 1. The van der Waals surface area contributed by atoms with Crippen molar-refractivity contribution >= 4 is 11.7 Å². The van der Waals surface area contributed by atoms with Crippen LogP contribution in [0.25, 0.3) is 0 Å². The van der Waals surface area contributed by atoms with E-state index in [1.807, 2.05) is 6.92 Å². The van der Waals surface area contributed by atoms with Gasteiger partial charge in [-0.3, -0.25) is 4.79 Å². The zero-order chi connectivity index (χ0) is 15.4. The van der Waals surface area contributed by atoms with Crippen LogP contribution in [-0.4, -0.2) is 15.9 Å². The van der Waals surface area contributed by atoms with E-state index in [2.05, 4.69) is 15.4 Å². The maximum Gasteiger partial charge on any atom is 0.252 e. The number of para-hydroxylation sites is 1. The van der Waals surface area contributed by atoms with Crippen LogP contribution in [0, 0.1) is 6.92 Å². The highest BCUT2D eigenvalue weighted by molar-refractivity contribution is 5.95. The molecule has 1 aromatic heterocycles. The highest BCUT2D eigenvalue weighted by Gasteiger charge is 2.15. The second-order valence-electron chi connectivity index (χ2n) is 4.38. The van der Waals surface area contributed by atoms with E-state index < -0.39 is 5.91 Å². The summed E-state index contributed by atoms with van der Waals surface area (Å²) in [5.74, 6) is 6.62. The number of carbonyl (C=O) groups excluding carboxylic acids is 1. The first-order valence-electron chi connectivity index (χ1n) is 6.47. The van der Waals surface area contributed by atoms with E-state index in [1.165, 1.54) is 0 Å². The maximum atomic E-state index is 11.4. The maximum absolute atomic E-state index is 11.4. The smallest absolute Gasteiger partial charge is 0.252 e. The summed E-state index contributed by atoms with van der Waals surface area (Å²) in [6, 6.07) is 6.71. The molecule has 2 aromatic rings. The summed E-state index contributed by atoms with van der Waals surface area (Å²) < 4.78 is 5.74. The molecule has 0 aliphatic carbocycles. The van der Waals surface area contributed by atoms with Gasteiger partial charge in [-0.05, 0) is 19.1 Å². The molecule has 0 atom stereocenters. The molecule has 1 amide bonds. The predicted octanol–water partition coefficient (Wildman–Crippen LogP) is 1.52. The third-order valence-corrected chi connectivity index (χ3v) is 2.96. The Morgan fingerprint density at radius 3 is 2.67 bits per heavy atom. The molecule has 7 nitrogen and oxygen atoms in total. The van der Waals surface area contributed by atoms with Crippen molar-refractivity contribution in [3.63, 3.8) is 0 Å². The van der Waals surface area contributed by atoms with E-state index in [1.54, 1.807) is 31.2 Å². The molecule has 0 radical (unpaired) electrons. The number of nitrogen functional groups attached to an aromatic ring is 1. The summed E-state index contributed by atoms with van der Waals surface area (Å²) in [6.07, 6.45) is 0.628. The average Bonchev–Trinajstić information content (AvgIpc) is 2.49. The van der Waals surface area contributed by atoms with Crippen LogP contribution in [-0.2, 0) is 6.42 Å². The molecule has 0 aliphatic heterocycles. The third-order valence-electron chi connectivity index (χ3n) is 2.96. The van der Waals surface area contributed by atoms with E-state index >= 15 is 0 Å². The van der Waals surface area contributed by atoms with Gasteiger partial charge in [-0.15, -0.1) is 0 Å². The number of amides is 1. The fourth-order valence-electron chi connectivity index (χ4n) is 1.80. The number of rotatable bonds is 5. The number of hydrogen-bond donors (Lipinski definition) is 3. The highest BCUT2D eigenvalue weighted by atomic mass is 16.5. The van der Waals surface area contributed by atoms with Crippen LogP contribution in [0.1, 0.15) is 28.7 Å². The minimum Gasteiger partial charge on any atom is -0.438 e. The molecule has 0 aliphatic rings. The molecule has 1 aromatic carbocycles. The summed E-state index contributed by atoms with van der Waals surface area (Å²) in [6.45, 7) is 3.70. The Labute approximate surface area is 122 Å². The number of hydrogen-bond acceptors (Lipinski definition) is 6. The second-order valence-corrected chi connectivity index (χ2v) is 4.38. The summed E-state index contributed by atoms with van der Waals surface area (Å²) in [7, 11) is 0. The van der Waals surface area contributed by atoms with E-state index in [9.17, 15) is 4.79 Å². The Bertz CT molecular complexity index is 672. The minimum atomic E-state index is -0.565. The van der Waals surface area contributed by atoms with Crippen LogP contribution < -0.4 is 21.7 Å². The highest BCUT2D eigenvalue weighted by Crippen LogP contribution is 2.28. The van der Waals surface area contributed by atoms with Gasteiger partial charge < -0.3 is 15.9 Å². The molecule has 2 rings (SSSR count). The number of nitrogens with two attached hydrogens (primary N) is 2. The molecule has 7 heteroatoms. The number of carbonyl (C=O) groups is 1. The van der Waals surface area contributed by atoms with Crippen molar-refractivity contribution in [1.82, 2.24) is 9.97 Å². The summed E-state index contributed by atoms with van der Waals surface area (Å²) in [5.41, 5.74) is 8.78. The van der Waals surface area contributed by atoms with Gasteiger partial charge in [0.2, 0.25) is 5.88 Å². The van der Waals surface area contributed by atoms with E-state index in [0.29, 0.717) is 35.3 Å². The van der Waals surface area contributed by atoms with Gasteiger partial charge in [-0.1, -0.05) is 19.1 Å². The van der Waals surface area contributed by atoms with Gasteiger partial charge in [-0.25, -0.2) is 10.8 Å². The summed E-state index contributed by atoms with van der Waals surface area (Å²) >= 11 is 0. The van der Waals surface area contributed by atoms with Gasteiger partial charge in [0.15, 0.2) is 0 Å². The monoisotopic (exact) mass is 287 g/mol. The Balaban J connectivity index is 2.47.